The van der Waals surface area contributed by atoms with E-state index in [1.165, 1.54) is 6.07 Å². The second-order valence-corrected chi connectivity index (χ2v) is 5.59. The van der Waals surface area contributed by atoms with Crippen LogP contribution in [0.2, 0.25) is 0 Å². The lowest BCUT2D eigenvalue weighted by Crippen LogP contribution is -2.15. The SMILES string of the molecule is CCOc1ccc2c(C(=O)Nc3ccc4c(c3)OCO4)cc(=O)oc2c1. The van der Waals surface area contributed by atoms with E-state index < -0.39 is 11.5 Å². The Morgan fingerprint density at radius 1 is 1.12 bits per heavy atom. The maximum Gasteiger partial charge on any atom is 0.337 e. The molecule has 0 aliphatic carbocycles. The normalized spacial score (nSPS) is 12.2. The third-order valence-electron chi connectivity index (χ3n) is 3.90. The molecule has 132 valence electrons. The molecule has 0 bridgehead atoms. The Bertz CT molecular complexity index is 1060. The van der Waals surface area contributed by atoms with Crippen molar-refractivity contribution in [2.45, 2.75) is 6.92 Å². The number of fused-ring (bicyclic) bond motifs is 2. The van der Waals surface area contributed by atoms with Crippen molar-refractivity contribution in [2.75, 3.05) is 18.7 Å². The van der Waals surface area contributed by atoms with Crippen molar-refractivity contribution in [2.24, 2.45) is 0 Å². The number of anilines is 1. The zero-order chi connectivity index (χ0) is 18.1. The highest BCUT2D eigenvalue weighted by molar-refractivity contribution is 6.12. The highest BCUT2D eigenvalue weighted by Gasteiger charge is 2.17. The molecule has 7 nitrogen and oxygen atoms in total. The Balaban J connectivity index is 1.69. The number of benzene rings is 2. The molecule has 1 amide bonds. The lowest BCUT2D eigenvalue weighted by atomic mass is 10.1. The predicted molar refractivity (Wildman–Crippen MR) is 94.2 cm³/mol. The van der Waals surface area contributed by atoms with Gasteiger partial charge in [-0.15, -0.1) is 0 Å². The fraction of sp³-hybridized carbons (Fsp3) is 0.158. The number of ether oxygens (including phenoxy) is 3. The molecule has 1 aliphatic heterocycles. The molecule has 1 aromatic heterocycles. The van der Waals surface area contributed by atoms with E-state index in [1.54, 1.807) is 36.4 Å². The summed E-state index contributed by atoms with van der Waals surface area (Å²) in [5.41, 5.74) is 0.435. The molecule has 7 heteroatoms. The molecule has 0 unspecified atom stereocenters. The molecule has 0 radical (unpaired) electrons. The second kappa shape index (κ2) is 6.44. The van der Waals surface area contributed by atoms with Gasteiger partial charge >= 0.3 is 5.63 Å². The van der Waals surface area contributed by atoms with Gasteiger partial charge in [-0.05, 0) is 31.2 Å². The molecule has 1 aliphatic rings. The molecule has 2 aromatic carbocycles. The number of carbonyl (C=O) groups excluding carboxylic acids is 1. The Kier molecular flexibility index (Phi) is 3.96. The molecule has 26 heavy (non-hydrogen) atoms. The van der Waals surface area contributed by atoms with Crippen LogP contribution in [0.15, 0.2) is 51.7 Å². The van der Waals surface area contributed by atoms with Crippen molar-refractivity contribution in [1.82, 2.24) is 0 Å². The third-order valence-corrected chi connectivity index (χ3v) is 3.90. The standard InChI is InChI=1S/C19H15NO6/c1-2-23-12-4-5-13-14(9-18(21)26-16(13)8-12)19(22)20-11-3-6-15-17(7-11)25-10-24-15/h3-9H,2,10H2,1H3,(H,20,22). The van der Waals surface area contributed by atoms with Crippen LogP contribution in [0.1, 0.15) is 17.3 Å². The Labute approximate surface area is 148 Å². The number of nitrogens with one attached hydrogen (secondary N) is 1. The van der Waals surface area contributed by atoms with Crippen LogP contribution in [0, 0.1) is 0 Å². The smallest absolute Gasteiger partial charge is 0.337 e. The predicted octanol–water partition coefficient (Wildman–Crippen LogP) is 3.17. The molecule has 3 aromatic rings. The van der Waals surface area contributed by atoms with Gasteiger partial charge in [-0.25, -0.2) is 4.79 Å². The Morgan fingerprint density at radius 3 is 2.81 bits per heavy atom. The first-order valence-electron chi connectivity index (χ1n) is 8.06. The number of hydrogen-bond donors (Lipinski definition) is 1. The van der Waals surface area contributed by atoms with Crippen LogP contribution in [0.3, 0.4) is 0 Å². The van der Waals surface area contributed by atoms with E-state index in [4.69, 9.17) is 18.6 Å². The van der Waals surface area contributed by atoms with E-state index in [2.05, 4.69) is 5.32 Å². The summed E-state index contributed by atoms with van der Waals surface area (Å²) in [5, 5.41) is 3.28. The van der Waals surface area contributed by atoms with Crippen LogP contribution < -0.4 is 25.2 Å². The van der Waals surface area contributed by atoms with Crippen molar-refractivity contribution < 1.29 is 23.4 Å². The summed E-state index contributed by atoms with van der Waals surface area (Å²) in [6.45, 7) is 2.49. The van der Waals surface area contributed by atoms with E-state index in [-0.39, 0.29) is 12.4 Å². The van der Waals surface area contributed by atoms with Crippen molar-refractivity contribution in [3.63, 3.8) is 0 Å². The van der Waals surface area contributed by atoms with Crippen LogP contribution in [-0.4, -0.2) is 19.3 Å². The first kappa shape index (κ1) is 16.0. The largest absolute Gasteiger partial charge is 0.494 e. The lowest BCUT2D eigenvalue weighted by Gasteiger charge is -2.09. The summed E-state index contributed by atoms with van der Waals surface area (Å²) in [7, 11) is 0. The molecule has 0 atom stereocenters. The first-order valence-corrected chi connectivity index (χ1v) is 8.06. The lowest BCUT2D eigenvalue weighted by molar-refractivity contribution is 0.102. The fourth-order valence-corrected chi connectivity index (χ4v) is 2.76. The van der Waals surface area contributed by atoms with Crippen LogP contribution in [0.5, 0.6) is 17.2 Å². The zero-order valence-corrected chi connectivity index (χ0v) is 13.9. The molecule has 0 fully saturated rings. The van der Waals surface area contributed by atoms with E-state index in [0.29, 0.717) is 40.5 Å². The molecule has 0 spiro atoms. The first-order chi connectivity index (χ1) is 12.6. The third kappa shape index (κ3) is 2.95. The van der Waals surface area contributed by atoms with Gasteiger partial charge in [0.1, 0.15) is 11.3 Å². The summed E-state index contributed by atoms with van der Waals surface area (Å²) in [5.74, 6) is 1.32. The number of amides is 1. The fourth-order valence-electron chi connectivity index (χ4n) is 2.76. The van der Waals surface area contributed by atoms with Gasteiger partial charge in [0, 0.05) is 29.3 Å². The van der Waals surface area contributed by atoms with E-state index in [0.717, 1.165) is 0 Å². The van der Waals surface area contributed by atoms with Crippen LogP contribution in [-0.2, 0) is 0 Å². The van der Waals surface area contributed by atoms with E-state index >= 15 is 0 Å². The summed E-state index contributed by atoms with van der Waals surface area (Å²) in [6, 6.07) is 11.3. The Hall–Kier alpha value is -3.48. The molecule has 2 heterocycles. The molecule has 0 saturated carbocycles. The molecular formula is C19H15NO6. The summed E-state index contributed by atoms with van der Waals surface area (Å²) < 4.78 is 21.1. The number of hydrogen-bond acceptors (Lipinski definition) is 6. The quantitative estimate of drug-likeness (QED) is 0.725. The van der Waals surface area contributed by atoms with Crippen molar-refractivity contribution >= 4 is 22.6 Å². The summed E-state index contributed by atoms with van der Waals surface area (Å²) >= 11 is 0. The topological polar surface area (TPSA) is 87.0 Å². The Morgan fingerprint density at radius 2 is 1.96 bits per heavy atom. The summed E-state index contributed by atoms with van der Waals surface area (Å²) in [4.78, 5) is 24.6. The number of carbonyl (C=O) groups is 1. The molecule has 1 N–H and O–H groups in total. The van der Waals surface area contributed by atoms with Gasteiger partial charge < -0.3 is 23.9 Å². The van der Waals surface area contributed by atoms with E-state index in [9.17, 15) is 9.59 Å². The highest BCUT2D eigenvalue weighted by atomic mass is 16.7. The summed E-state index contributed by atoms with van der Waals surface area (Å²) in [6.07, 6.45) is 0. The van der Waals surface area contributed by atoms with Gasteiger partial charge in [-0.3, -0.25) is 4.79 Å². The maximum absolute atomic E-state index is 12.7. The van der Waals surface area contributed by atoms with Crippen LogP contribution in [0.25, 0.3) is 11.0 Å². The van der Waals surface area contributed by atoms with Gasteiger partial charge in [0.2, 0.25) is 6.79 Å². The van der Waals surface area contributed by atoms with Crippen LogP contribution in [0.4, 0.5) is 5.69 Å². The molecule has 0 saturated heterocycles. The van der Waals surface area contributed by atoms with E-state index in [1.807, 2.05) is 6.92 Å². The van der Waals surface area contributed by atoms with Gasteiger partial charge in [0.25, 0.3) is 5.91 Å². The van der Waals surface area contributed by atoms with Crippen molar-refractivity contribution in [1.29, 1.82) is 0 Å². The van der Waals surface area contributed by atoms with Gasteiger partial charge in [-0.1, -0.05) is 0 Å². The average molecular weight is 353 g/mol. The number of rotatable bonds is 4. The van der Waals surface area contributed by atoms with Gasteiger partial charge in [0.15, 0.2) is 11.5 Å². The minimum Gasteiger partial charge on any atom is -0.494 e. The van der Waals surface area contributed by atoms with Crippen molar-refractivity contribution in [3.8, 4) is 17.2 Å². The molecular weight excluding hydrogens is 338 g/mol. The zero-order valence-electron chi connectivity index (χ0n) is 13.9. The highest BCUT2D eigenvalue weighted by Crippen LogP contribution is 2.34. The van der Waals surface area contributed by atoms with Crippen molar-refractivity contribution in [3.05, 3.63) is 58.4 Å². The second-order valence-electron chi connectivity index (χ2n) is 5.59. The van der Waals surface area contributed by atoms with Gasteiger partial charge in [-0.2, -0.15) is 0 Å². The minimum absolute atomic E-state index is 0.152. The minimum atomic E-state index is -0.609. The molecule has 4 rings (SSSR count). The average Bonchev–Trinajstić information content (AvgIpc) is 3.08. The monoisotopic (exact) mass is 353 g/mol. The van der Waals surface area contributed by atoms with Crippen LogP contribution >= 0.6 is 0 Å². The van der Waals surface area contributed by atoms with Gasteiger partial charge in [0.05, 0.1) is 12.2 Å². The maximum atomic E-state index is 12.7.